The monoisotopic (exact) mass is 249 g/mol. The molecule has 4 heteroatoms. The van der Waals surface area contributed by atoms with Gasteiger partial charge in [-0.1, -0.05) is 13.8 Å². The third kappa shape index (κ3) is 2.33. The molecule has 0 saturated carbocycles. The molecule has 1 amide bonds. The quantitative estimate of drug-likeness (QED) is 0.759. The lowest BCUT2D eigenvalue weighted by Gasteiger charge is -2.14. The first kappa shape index (κ1) is 12.9. The largest absolute Gasteiger partial charge is 0.333 e. The van der Waals surface area contributed by atoms with Crippen LogP contribution in [0.15, 0.2) is 18.2 Å². The van der Waals surface area contributed by atoms with E-state index in [4.69, 9.17) is 4.84 Å². The molecule has 0 atom stereocenters. The Hall–Kier alpha value is -1.58. The summed E-state index contributed by atoms with van der Waals surface area (Å²) in [7, 11) is 1.60. The number of aromatic nitrogens is 1. The van der Waals surface area contributed by atoms with Crippen LogP contribution in [0, 0.1) is 0 Å². The average molecular weight is 249 g/mol. The van der Waals surface area contributed by atoms with Crippen LogP contribution in [0.4, 0.5) is 0 Å². The van der Waals surface area contributed by atoms with Gasteiger partial charge in [0, 0.05) is 35.9 Å². The molecule has 1 aliphatic rings. The zero-order valence-electron chi connectivity index (χ0n) is 11.3. The third-order valence-corrected chi connectivity index (χ3v) is 3.36. The highest BCUT2D eigenvalue weighted by Crippen LogP contribution is 2.13. The molecule has 2 heterocycles. The second-order valence-corrected chi connectivity index (χ2v) is 4.97. The van der Waals surface area contributed by atoms with E-state index in [9.17, 15) is 4.79 Å². The van der Waals surface area contributed by atoms with Gasteiger partial charge in [0.25, 0.3) is 0 Å². The Morgan fingerprint density at radius 2 is 2.00 bits per heavy atom. The molecule has 1 saturated heterocycles. The second kappa shape index (κ2) is 5.38. The van der Waals surface area contributed by atoms with Crippen molar-refractivity contribution in [3.8, 4) is 0 Å². The fourth-order valence-electron chi connectivity index (χ4n) is 2.38. The van der Waals surface area contributed by atoms with Crippen LogP contribution in [0.1, 0.15) is 48.8 Å². The smallest absolute Gasteiger partial charge is 0.323 e. The van der Waals surface area contributed by atoms with Crippen LogP contribution in [0.5, 0.6) is 0 Å². The van der Waals surface area contributed by atoms with Gasteiger partial charge in [0.1, 0.15) is 7.11 Å². The third-order valence-electron chi connectivity index (χ3n) is 3.36. The molecule has 0 bridgehead atoms. The van der Waals surface area contributed by atoms with Gasteiger partial charge < -0.3 is 4.90 Å². The van der Waals surface area contributed by atoms with Crippen molar-refractivity contribution in [2.45, 2.75) is 32.6 Å². The summed E-state index contributed by atoms with van der Waals surface area (Å²) in [5.74, 6) is 0.383. The summed E-state index contributed by atoms with van der Waals surface area (Å²) < 4.78 is 1.66. The normalized spacial score (nSPS) is 15.2. The van der Waals surface area contributed by atoms with E-state index in [0.717, 1.165) is 31.6 Å². The maximum absolute atomic E-state index is 12.4. The van der Waals surface area contributed by atoms with E-state index < -0.39 is 0 Å². The maximum Gasteiger partial charge on any atom is 0.323 e. The van der Waals surface area contributed by atoms with Crippen molar-refractivity contribution in [1.82, 2.24) is 4.90 Å². The fourth-order valence-corrected chi connectivity index (χ4v) is 2.38. The van der Waals surface area contributed by atoms with E-state index in [1.807, 2.05) is 23.1 Å². The minimum Gasteiger partial charge on any atom is -0.333 e. The maximum atomic E-state index is 12.4. The van der Waals surface area contributed by atoms with Crippen molar-refractivity contribution in [2.24, 2.45) is 0 Å². The zero-order chi connectivity index (χ0) is 13.1. The SMILES string of the molecule is CO[n+]1c(C(=O)N2CCCC2)cccc1C(C)C. The molecule has 0 spiro atoms. The molecule has 18 heavy (non-hydrogen) atoms. The predicted molar refractivity (Wildman–Crippen MR) is 68.4 cm³/mol. The van der Waals surface area contributed by atoms with Crippen molar-refractivity contribution in [1.29, 1.82) is 0 Å². The van der Waals surface area contributed by atoms with Gasteiger partial charge in [0.05, 0.1) is 0 Å². The van der Waals surface area contributed by atoms with E-state index in [0.29, 0.717) is 11.6 Å². The second-order valence-electron chi connectivity index (χ2n) is 4.97. The van der Waals surface area contributed by atoms with Crippen LogP contribution in [0.25, 0.3) is 0 Å². The Morgan fingerprint density at radius 3 is 2.56 bits per heavy atom. The molecule has 2 rings (SSSR count). The van der Waals surface area contributed by atoms with E-state index in [1.165, 1.54) is 0 Å². The first-order chi connectivity index (χ1) is 8.65. The Balaban J connectivity index is 2.37. The molecule has 0 N–H and O–H groups in total. The fraction of sp³-hybridized carbons (Fsp3) is 0.571. The minimum absolute atomic E-state index is 0.0665. The molecule has 98 valence electrons. The summed E-state index contributed by atoms with van der Waals surface area (Å²) in [5.41, 5.74) is 1.63. The number of rotatable bonds is 3. The van der Waals surface area contributed by atoms with Crippen LogP contribution in [-0.4, -0.2) is 31.0 Å². The van der Waals surface area contributed by atoms with E-state index in [1.54, 1.807) is 11.8 Å². The molecule has 0 radical (unpaired) electrons. The molecule has 4 nitrogen and oxygen atoms in total. The van der Waals surface area contributed by atoms with Gasteiger partial charge in [0.15, 0.2) is 0 Å². The zero-order valence-corrected chi connectivity index (χ0v) is 11.3. The molecule has 0 aromatic carbocycles. The van der Waals surface area contributed by atoms with Gasteiger partial charge in [-0.05, 0) is 18.9 Å². The van der Waals surface area contributed by atoms with Gasteiger partial charge in [0.2, 0.25) is 5.69 Å². The summed E-state index contributed by atoms with van der Waals surface area (Å²) in [4.78, 5) is 19.7. The highest BCUT2D eigenvalue weighted by atomic mass is 16.6. The number of carbonyl (C=O) groups excluding carboxylic acids is 1. The number of nitrogens with zero attached hydrogens (tertiary/aromatic N) is 2. The molecule has 0 unspecified atom stereocenters. The number of hydrogen-bond donors (Lipinski definition) is 0. The molecule has 1 aromatic rings. The Labute approximate surface area is 108 Å². The number of amides is 1. The summed E-state index contributed by atoms with van der Waals surface area (Å²) in [6, 6.07) is 5.75. The number of hydrogen-bond acceptors (Lipinski definition) is 2. The van der Waals surface area contributed by atoms with Crippen LogP contribution in [0.2, 0.25) is 0 Å². The van der Waals surface area contributed by atoms with Crippen molar-refractivity contribution < 1.29 is 14.4 Å². The average Bonchev–Trinajstić information content (AvgIpc) is 2.90. The van der Waals surface area contributed by atoms with Crippen LogP contribution >= 0.6 is 0 Å². The lowest BCUT2D eigenvalue weighted by atomic mass is 10.1. The first-order valence-corrected chi connectivity index (χ1v) is 6.54. The lowest BCUT2D eigenvalue weighted by Crippen LogP contribution is -2.52. The number of likely N-dealkylation sites (tertiary alicyclic amines) is 1. The summed E-state index contributed by atoms with van der Waals surface area (Å²) in [6.07, 6.45) is 2.20. The number of pyridine rings is 1. The van der Waals surface area contributed by atoms with Gasteiger partial charge in [-0.15, -0.1) is 0 Å². The van der Waals surface area contributed by atoms with Crippen molar-refractivity contribution in [3.63, 3.8) is 0 Å². The molecule has 1 aromatic heterocycles. The van der Waals surface area contributed by atoms with Gasteiger partial charge >= 0.3 is 11.6 Å². The van der Waals surface area contributed by atoms with Crippen LogP contribution in [0.3, 0.4) is 0 Å². The van der Waals surface area contributed by atoms with E-state index in [-0.39, 0.29) is 5.91 Å². The molecule has 1 fully saturated rings. The summed E-state index contributed by atoms with van der Waals surface area (Å²) in [5, 5.41) is 0. The standard InChI is InChI=1S/C14H21N2O2/c1-11(2)12-7-6-8-13(16(12)18-3)14(17)15-9-4-5-10-15/h6-8,11H,4-5,9-10H2,1-3H3/q+1. The molecular formula is C14H21N2O2+. The molecule has 1 aliphatic heterocycles. The highest BCUT2D eigenvalue weighted by Gasteiger charge is 2.31. The molecule has 0 aliphatic carbocycles. The highest BCUT2D eigenvalue weighted by molar-refractivity contribution is 5.91. The van der Waals surface area contributed by atoms with Gasteiger partial charge in [-0.2, -0.15) is 0 Å². The van der Waals surface area contributed by atoms with Crippen molar-refractivity contribution >= 4 is 5.91 Å². The van der Waals surface area contributed by atoms with Gasteiger partial charge in [-0.3, -0.25) is 9.63 Å². The molecular weight excluding hydrogens is 228 g/mol. The Kier molecular flexibility index (Phi) is 3.84. The van der Waals surface area contributed by atoms with E-state index in [2.05, 4.69) is 13.8 Å². The first-order valence-electron chi connectivity index (χ1n) is 6.54. The Bertz CT molecular complexity index is 437. The van der Waals surface area contributed by atoms with E-state index >= 15 is 0 Å². The van der Waals surface area contributed by atoms with Crippen molar-refractivity contribution in [3.05, 3.63) is 29.6 Å². The van der Waals surface area contributed by atoms with Crippen molar-refractivity contribution in [2.75, 3.05) is 20.2 Å². The van der Waals surface area contributed by atoms with Crippen LogP contribution in [-0.2, 0) is 0 Å². The minimum atomic E-state index is 0.0665. The van der Waals surface area contributed by atoms with Crippen LogP contribution < -0.4 is 9.57 Å². The number of carbonyl (C=O) groups is 1. The predicted octanol–water partition coefficient (Wildman–Crippen LogP) is 1.39. The lowest BCUT2D eigenvalue weighted by molar-refractivity contribution is -0.892. The topological polar surface area (TPSA) is 33.4 Å². The summed E-state index contributed by atoms with van der Waals surface area (Å²) >= 11 is 0. The van der Waals surface area contributed by atoms with Gasteiger partial charge in [-0.25, -0.2) is 0 Å². The summed E-state index contributed by atoms with van der Waals surface area (Å²) in [6.45, 7) is 5.90. The Morgan fingerprint density at radius 1 is 1.33 bits per heavy atom.